The van der Waals surface area contributed by atoms with Crippen molar-refractivity contribution in [1.29, 1.82) is 0 Å². The van der Waals surface area contributed by atoms with E-state index in [1.165, 1.54) is 0 Å². The highest BCUT2D eigenvalue weighted by Crippen LogP contribution is 2.22. The molecule has 2 aromatic rings. The van der Waals surface area contributed by atoms with Gasteiger partial charge in [0.25, 0.3) is 5.56 Å². The van der Waals surface area contributed by atoms with Crippen LogP contribution in [0.4, 0.5) is 5.69 Å². The van der Waals surface area contributed by atoms with Crippen LogP contribution in [0.25, 0.3) is 0 Å². The maximum Gasteiger partial charge on any atom is 0.269 e. The molecule has 0 aromatic carbocycles. The van der Waals surface area contributed by atoms with Gasteiger partial charge in [-0.2, -0.15) is 5.10 Å². The number of piperidine rings is 1. The van der Waals surface area contributed by atoms with E-state index in [9.17, 15) is 4.79 Å². The van der Waals surface area contributed by atoms with Crippen LogP contribution in [0.1, 0.15) is 50.3 Å². The molecule has 2 aliphatic rings. The maximum absolute atomic E-state index is 12.9. The molecule has 0 bridgehead atoms. The third-order valence-corrected chi connectivity index (χ3v) is 6.39. The molecule has 4 rings (SSSR count). The Morgan fingerprint density at radius 3 is 2.53 bits per heavy atom. The first-order valence-corrected chi connectivity index (χ1v) is 11.0. The van der Waals surface area contributed by atoms with Crippen molar-refractivity contribution in [2.24, 2.45) is 7.05 Å². The van der Waals surface area contributed by atoms with Crippen LogP contribution < -0.4 is 10.5 Å². The Labute approximate surface area is 178 Å². The zero-order valence-electron chi connectivity index (χ0n) is 18.7. The first kappa shape index (κ1) is 21.0. The minimum absolute atomic E-state index is 0.000898. The summed E-state index contributed by atoms with van der Waals surface area (Å²) in [6, 6.07) is 1.86. The SMILES string of the molecule is CC(C)c1nnc(CN2CCC[C@H](n3ncc(N4CCN(C)CC4)cc3=O)C2)n1C. The summed E-state index contributed by atoms with van der Waals surface area (Å²) in [6.07, 6.45) is 3.89. The molecule has 1 atom stereocenters. The molecule has 2 aromatic heterocycles. The smallest absolute Gasteiger partial charge is 0.269 e. The molecule has 0 unspecified atom stereocenters. The molecule has 0 amide bonds. The lowest BCUT2D eigenvalue weighted by atomic mass is 10.1. The van der Waals surface area contributed by atoms with Gasteiger partial charge in [0.1, 0.15) is 11.6 Å². The van der Waals surface area contributed by atoms with Crippen LogP contribution in [-0.4, -0.2) is 80.7 Å². The van der Waals surface area contributed by atoms with E-state index in [1.807, 2.05) is 13.2 Å². The number of rotatable bonds is 5. The van der Waals surface area contributed by atoms with E-state index in [4.69, 9.17) is 0 Å². The van der Waals surface area contributed by atoms with Gasteiger partial charge in [0, 0.05) is 51.8 Å². The van der Waals surface area contributed by atoms with Gasteiger partial charge in [0.05, 0.1) is 24.5 Å². The molecule has 164 valence electrons. The average molecular weight is 415 g/mol. The average Bonchev–Trinajstić information content (AvgIpc) is 3.09. The van der Waals surface area contributed by atoms with E-state index in [0.717, 1.165) is 76.0 Å². The summed E-state index contributed by atoms with van der Waals surface area (Å²) in [5.41, 5.74) is 0.941. The highest BCUT2D eigenvalue weighted by molar-refractivity contribution is 5.43. The molecule has 4 heterocycles. The van der Waals surface area contributed by atoms with Crippen LogP contribution in [0.15, 0.2) is 17.1 Å². The number of likely N-dealkylation sites (tertiary alicyclic amines) is 1. The summed E-state index contributed by atoms with van der Waals surface area (Å²) in [5, 5.41) is 13.3. The van der Waals surface area contributed by atoms with E-state index in [1.54, 1.807) is 10.7 Å². The molecular weight excluding hydrogens is 380 g/mol. The highest BCUT2D eigenvalue weighted by atomic mass is 16.1. The molecule has 0 spiro atoms. The van der Waals surface area contributed by atoms with Gasteiger partial charge >= 0.3 is 0 Å². The van der Waals surface area contributed by atoms with Gasteiger partial charge in [-0.05, 0) is 26.4 Å². The number of aromatic nitrogens is 5. The molecule has 0 N–H and O–H groups in total. The minimum Gasteiger partial charge on any atom is -0.368 e. The van der Waals surface area contributed by atoms with Crippen molar-refractivity contribution in [3.05, 3.63) is 34.3 Å². The Hall–Kier alpha value is -2.26. The first-order valence-electron chi connectivity index (χ1n) is 11.0. The third kappa shape index (κ3) is 4.41. The summed E-state index contributed by atoms with van der Waals surface area (Å²) in [4.78, 5) is 19.8. The van der Waals surface area contributed by atoms with Gasteiger partial charge in [-0.25, -0.2) is 4.68 Å². The van der Waals surface area contributed by atoms with Gasteiger partial charge in [-0.15, -0.1) is 10.2 Å². The van der Waals surface area contributed by atoms with Gasteiger partial charge in [-0.1, -0.05) is 13.8 Å². The number of nitrogens with zero attached hydrogens (tertiary/aromatic N) is 8. The molecule has 30 heavy (non-hydrogen) atoms. The molecule has 9 nitrogen and oxygen atoms in total. The summed E-state index contributed by atoms with van der Waals surface area (Å²) in [6.45, 7) is 10.7. The number of likely N-dealkylation sites (N-methyl/N-ethyl adjacent to an activating group) is 1. The van der Waals surface area contributed by atoms with E-state index in [-0.39, 0.29) is 11.6 Å². The number of piperazine rings is 1. The predicted octanol–water partition coefficient (Wildman–Crippen LogP) is 1.08. The van der Waals surface area contributed by atoms with Gasteiger partial charge < -0.3 is 14.4 Å². The molecule has 9 heteroatoms. The van der Waals surface area contributed by atoms with Gasteiger partial charge in [0.2, 0.25) is 0 Å². The third-order valence-electron chi connectivity index (χ3n) is 6.39. The maximum atomic E-state index is 12.9. The minimum atomic E-state index is -0.000898. The second-order valence-electron chi connectivity index (χ2n) is 9.01. The molecule has 2 saturated heterocycles. The molecule has 2 fully saturated rings. The fourth-order valence-corrected chi connectivity index (χ4v) is 4.51. The Kier molecular flexibility index (Phi) is 6.19. The second kappa shape index (κ2) is 8.85. The first-order chi connectivity index (χ1) is 14.4. The lowest BCUT2D eigenvalue weighted by Crippen LogP contribution is -2.45. The lowest BCUT2D eigenvalue weighted by molar-refractivity contribution is 0.155. The fraction of sp³-hybridized carbons (Fsp3) is 0.714. The quantitative estimate of drug-likeness (QED) is 0.725. The molecule has 0 aliphatic carbocycles. The van der Waals surface area contributed by atoms with Crippen LogP contribution in [0.5, 0.6) is 0 Å². The van der Waals surface area contributed by atoms with E-state index in [2.05, 4.69) is 55.5 Å². The molecule has 2 aliphatic heterocycles. The zero-order chi connectivity index (χ0) is 21.3. The van der Waals surface area contributed by atoms with Crippen molar-refractivity contribution < 1.29 is 0 Å². The van der Waals surface area contributed by atoms with E-state index in [0.29, 0.717) is 5.92 Å². The van der Waals surface area contributed by atoms with Gasteiger partial charge in [0.15, 0.2) is 0 Å². The normalized spacial score (nSPS) is 21.5. The monoisotopic (exact) mass is 414 g/mol. The molecular formula is C21H34N8O. The standard InChI is InChI=1S/C21H34N8O/c1-16(2)21-24-23-19(26(21)4)15-27-7-5-6-17(14-27)29-20(30)12-18(13-22-29)28-10-8-25(3)9-11-28/h12-13,16-17H,5-11,14-15H2,1-4H3/t17-/m0/s1. The Balaban J connectivity index is 1.43. The summed E-state index contributed by atoms with van der Waals surface area (Å²) in [5.74, 6) is 2.34. The Bertz CT molecular complexity index is 912. The molecule has 0 saturated carbocycles. The number of hydrogen-bond donors (Lipinski definition) is 0. The Morgan fingerprint density at radius 1 is 1.10 bits per heavy atom. The van der Waals surface area contributed by atoms with Crippen LogP contribution in [0.2, 0.25) is 0 Å². The lowest BCUT2D eigenvalue weighted by Gasteiger charge is -2.34. The van der Waals surface area contributed by atoms with Crippen molar-refractivity contribution in [3.8, 4) is 0 Å². The number of anilines is 1. The second-order valence-corrected chi connectivity index (χ2v) is 9.01. The summed E-state index contributed by atoms with van der Waals surface area (Å²) in [7, 11) is 4.17. The summed E-state index contributed by atoms with van der Waals surface area (Å²) < 4.78 is 3.78. The highest BCUT2D eigenvalue weighted by Gasteiger charge is 2.25. The van der Waals surface area contributed by atoms with Crippen molar-refractivity contribution in [2.75, 3.05) is 51.2 Å². The predicted molar refractivity (Wildman–Crippen MR) is 117 cm³/mol. The van der Waals surface area contributed by atoms with Crippen LogP contribution in [-0.2, 0) is 13.6 Å². The Morgan fingerprint density at radius 2 is 1.87 bits per heavy atom. The van der Waals surface area contributed by atoms with Crippen LogP contribution in [0.3, 0.4) is 0 Å². The van der Waals surface area contributed by atoms with Crippen molar-refractivity contribution in [2.45, 2.75) is 45.2 Å². The topological polar surface area (TPSA) is 75.3 Å². The van der Waals surface area contributed by atoms with E-state index >= 15 is 0 Å². The summed E-state index contributed by atoms with van der Waals surface area (Å²) >= 11 is 0. The van der Waals surface area contributed by atoms with Crippen molar-refractivity contribution >= 4 is 5.69 Å². The van der Waals surface area contributed by atoms with Crippen molar-refractivity contribution in [1.82, 2.24) is 34.3 Å². The largest absolute Gasteiger partial charge is 0.368 e. The van der Waals surface area contributed by atoms with Gasteiger partial charge in [-0.3, -0.25) is 9.69 Å². The molecule has 0 radical (unpaired) electrons. The van der Waals surface area contributed by atoms with Crippen LogP contribution >= 0.6 is 0 Å². The van der Waals surface area contributed by atoms with Crippen molar-refractivity contribution in [3.63, 3.8) is 0 Å². The zero-order valence-corrected chi connectivity index (χ0v) is 18.7. The number of hydrogen-bond acceptors (Lipinski definition) is 7. The van der Waals surface area contributed by atoms with E-state index < -0.39 is 0 Å². The fourth-order valence-electron chi connectivity index (χ4n) is 4.51. The van der Waals surface area contributed by atoms with Crippen LogP contribution in [0, 0.1) is 0 Å².